The molecule has 5 heteroatoms. The maximum Gasteiger partial charge on any atom is 0.211 e. The molecule has 25 heavy (non-hydrogen) atoms. The molecule has 4 nitrogen and oxygen atoms in total. The van der Waals surface area contributed by atoms with Crippen molar-refractivity contribution in [1.82, 2.24) is 9.29 Å². The van der Waals surface area contributed by atoms with Crippen LogP contribution in [-0.4, -0.2) is 30.5 Å². The molecule has 2 rings (SSSR count). The summed E-state index contributed by atoms with van der Waals surface area (Å²) in [7, 11) is -3.20. The fraction of sp³-hybridized carbons (Fsp3) is 0.450. The van der Waals surface area contributed by atoms with Gasteiger partial charge in [0.25, 0.3) is 0 Å². The summed E-state index contributed by atoms with van der Waals surface area (Å²) in [5.74, 6) is 0. The molecule has 0 spiro atoms. The van der Waals surface area contributed by atoms with E-state index in [1.165, 1.54) is 25.5 Å². The summed E-state index contributed by atoms with van der Waals surface area (Å²) < 4.78 is 25.7. The first-order valence-corrected chi connectivity index (χ1v) is 10.8. The van der Waals surface area contributed by atoms with Crippen LogP contribution in [0.2, 0.25) is 0 Å². The molecule has 2 aromatic rings. The molecule has 0 aliphatic heterocycles. The molecule has 1 heterocycles. The molecular formula is C20H28N2O2S. The predicted octanol–water partition coefficient (Wildman–Crippen LogP) is 4.48. The van der Waals surface area contributed by atoms with Crippen molar-refractivity contribution in [2.24, 2.45) is 0 Å². The van der Waals surface area contributed by atoms with E-state index in [1.54, 1.807) is 10.5 Å². The summed E-state index contributed by atoms with van der Waals surface area (Å²) in [6.07, 6.45) is 8.64. The van der Waals surface area contributed by atoms with E-state index < -0.39 is 10.0 Å². The Balaban J connectivity index is 1.98. The molecule has 1 aromatic heterocycles. The van der Waals surface area contributed by atoms with Crippen LogP contribution in [0.1, 0.15) is 44.6 Å². The number of benzene rings is 1. The Morgan fingerprint density at radius 2 is 1.68 bits per heavy atom. The van der Waals surface area contributed by atoms with Gasteiger partial charge in [0.2, 0.25) is 10.0 Å². The van der Waals surface area contributed by atoms with Crippen LogP contribution in [0.3, 0.4) is 0 Å². The minimum Gasteiger partial charge on any atom is -0.256 e. The Morgan fingerprint density at radius 1 is 0.960 bits per heavy atom. The molecule has 0 bridgehead atoms. The van der Waals surface area contributed by atoms with E-state index in [2.05, 4.69) is 11.9 Å². The van der Waals surface area contributed by atoms with E-state index in [4.69, 9.17) is 0 Å². The Morgan fingerprint density at radius 3 is 2.28 bits per heavy atom. The lowest BCUT2D eigenvalue weighted by Crippen LogP contribution is -2.30. The summed E-state index contributed by atoms with van der Waals surface area (Å²) in [6.45, 7) is 3.19. The van der Waals surface area contributed by atoms with Crippen LogP contribution in [0.15, 0.2) is 48.7 Å². The van der Waals surface area contributed by atoms with E-state index in [9.17, 15) is 8.42 Å². The highest BCUT2D eigenvalue weighted by atomic mass is 32.2. The molecule has 0 amide bonds. The highest BCUT2D eigenvalue weighted by Gasteiger charge is 2.16. The normalized spacial score (nSPS) is 11.8. The third-order valence-electron chi connectivity index (χ3n) is 4.25. The van der Waals surface area contributed by atoms with Crippen LogP contribution in [0.4, 0.5) is 0 Å². The molecule has 0 N–H and O–H groups in total. The maximum atomic E-state index is 12.1. The third-order valence-corrected chi connectivity index (χ3v) is 5.50. The SMILES string of the molecule is CCCCCCCN(Cc1ccc(-c2ccccn2)cc1)S(C)(=O)=O. The molecule has 0 saturated heterocycles. The summed E-state index contributed by atoms with van der Waals surface area (Å²) in [4.78, 5) is 4.34. The predicted molar refractivity (Wildman–Crippen MR) is 104 cm³/mol. The van der Waals surface area contributed by atoms with Crippen molar-refractivity contribution in [3.05, 3.63) is 54.2 Å². The van der Waals surface area contributed by atoms with Gasteiger partial charge in [-0.2, -0.15) is 4.31 Å². The van der Waals surface area contributed by atoms with Crippen molar-refractivity contribution >= 4 is 10.0 Å². The Bertz CT molecular complexity index is 728. The van der Waals surface area contributed by atoms with Crippen molar-refractivity contribution in [2.45, 2.75) is 45.6 Å². The number of aromatic nitrogens is 1. The highest BCUT2D eigenvalue weighted by Crippen LogP contribution is 2.18. The van der Waals surface area contributed by atoms with Crippen LogP contribution in [0, 0.1) is 0 Å². The van der Waals surface area contributed by atoms with Crippen LogP contribution < -0.4 is 0 Å². The highest BCUT2D eigenvalue weighted by molar-refractivity contribution is 7.88. The van der Waals surface area contributed by atoms with Crippen LogP contribution in [0.5, 0.6) is 0 Å². The topological polar surface area (TPSA) is 50.3 Å². The minimum absolute atomic E-state index is 0.426. The number of pyridine rings is 1. The lowest BCUT2D eigenvalue weighted by atomic mass is 10.1. The molecule has 0 fully saturated rings. The molecule has 136 valence electrons. The first-order chi connectivity index (χ1) is 12.0. The number of nitrogens with zero attached hydrogens (tertiary/aromatic N) is 2. The third kappa shape index (κ3) is 6.59. The molecule has 0 saturated carbocycles. The monoisotopic (exact) mass is 360 g/mol. The van der Waals surface area contributed by atoms with Crippen LogP contribution in [0.25, 0.3) is 11.3 Å². The van der Waals surface area contributed by atoms with Gasteiger partial charge >= 0.3 is 0 Å². The molecule has 0 atom stereocenters. The van der Waals surface area contributed by atoms with E-state index in [0.29, 0.717) is 13.1 Å². The molecule has 0 radical (unpaired) electrons. The quantitative estimate of drug-likeness (QED) is 0.587. The van der Waals surface area contributed by atoms with Crippen molar-refractivity contribution in [1.29, 1.82) is 0 Å². The number of sulfonamides is 1. The summed E-state index contributed by atoms with van der Waals surface area (Å²) in [5.41, 5.74) is 2.96. The second kappa shape index (κ2) is 9.68. The molecule has 0 aliphatic rings. The van der Waals surface area contributed by atoms with Gasteiger partial charge in [-0.05, 0) is 24.1 Å². The minimum atomic E-state index is -3.20. The van der Waals surface area contributed by atoms with Gasteiger partial charge in [0.1, 0.15) is 0 Å². The van der Waals surface area contributed by atoms with Crippen LogP contribution >= 0.6 is 0 Å². The van der Waals surface area contributed by atoms with Gasteiger partial charge in [-0.15, -0.1) is 0 Å². The number of rotatable bonds is 10. The van der Waals surface area contributed by atoms with Gasteiger partial charge in [0.05, 0.1) is 11.9 Å². The van der Waals surface area contributed by atoms with Crippen molar-refractivity contribution in [3.63, 3.8) is 0 Å². The largest absolute Gasteiger partial charge is 0.256 e. The summed E-state index contributed by atoms with van der Waals surface area (Å²) in [6, 6.07) is 13.8. The maximum absolute atomic E-state index is 12.1. The van der Waals surface area contributed by atoms with Gasteiger partial charge in [0.15, 0.2) is 0 Å². The fourth-order valence-electron chi connectivity index (χ4n) is 2.77. The first-order valence-electron chi connectivity index (χ1n) is 8.96. The van der Waals surface area contributed by atoms with Gasteiger partial charge in [-0.25, -0.2) is 8.42 Å². The average molecular weight is 361 g/mol. The number of hydrogen-bond acceptors (Lipinski definition) is 3. The number of hydrogen-bond donors (Lipinski definition) is 0. The van der Waals surface area contributed by atoms with Gasteiger partial charge in [-0.1, -0.05) is 62.9 Å². The van der Waals surface area contributed by atoms with E-state index in [-0.39, 0.29) is 0 Å². The fourth-order valence-corrected chi connectivity index (χ4v) is 3.62. The van der Waals surface area contributed by atoms with Crippen molar-refractivity contribution in [3.8, 4) is 11.3 Å². The van der Waals surface area contributed by atoms with E-state index >= 15 is 0 Å². The zero-order valence-corrected chi connectivity index (χ0v) is 16.0. The lowest BCUT2D eigenvalue weighted by Gasteiger charge is -2.20. The van der Waals surface area contributed by atoms with Gasteiger partial charge in [-0.3, -0.25) is 4.98 Å². The smallest absolute Gasteiger partial charge is 0.211 e. The average Bonchev–Trinajstić information content (AvgIpc) is 2.61. The summed E-state index contributed by atoms with van der Waals surface area (Å²) in [5, 5.41) is 0. The number of unbranched alkanes of at least 4 members (excludes halogenated alkanes) is 4. The Kier molecular flexibility index (Phi) is 7.59. The van der Waals surface area contributed by atoms with E-state index in [0.717, 1.165) is 29.7 Å². The Hall–Kier alpha value is -1.72. The summed E-state index contributed by atoms with van der Waals surface area (Å²) >= 11 is 0. The zero-order chi connectivity index (χ0) is 18.1. The van der Waals surface area contributed by atoms with Crippen LogP contribution in [-0.2, 0) is 16.6 Å². The van der Waals surface area contributed by atoms with E-state index in [1.807, 2.05) is 42.5 Å². The van der Waals surface area contributed by atoms with Crippen molar-refractivity contribution < 1.29 is 8.42 Å². The molecule has 0 unspecified atom stereocenters. The van der Waals surface area contributed by atoms with Gasteiger partial charge in [0, 0.05) is 24.8 Å². The Labute approximate surface area is 152 Å². The van der Waals surface area contributed by atoms with Crippen molar-refractivity contribution in [2.75, 3.05) is 12.8 Å². The first kappa shape index (κ1) is 19.6. The zero-order valence-electron chi connectivity index (χ0n) is 15.2. The second-order valence-corrected chi connectivity index (χ2v) is 8.41. The van der Waals surface area contributed by atoms with Gasteiger partial charge < -0.3 is 0 Å². The standard InChI is InChI=1S/C20H28N2O2S/c1-3-4-5-6-9-16-22(25(2,23)24)17-18-11-13-19(14-12-18)20-10-7-8-15-21-20/h7-8,10-15H,3-6,9,16-17H2,1-2H3. The molecular weight excluding hydrogens is 332 g/mol. The molecule has 0 aliphatic carbocycles. The lowest BCUT2D eigenvalue weighted by molar-refractivity contribution is 0.395. The molecule has 1 aromatic carbocycles. The second-order valence-electron chi connectivity index (χ2n) is 6.42.